The van der Waals surface area contributed by atoms with Crippen molar-refractivity contribution in [2.45, 2.75) is 44.2 Å². The zero-order valence-corrected chi connectivity index (χ0v) is 19.4. The Labute approximate surface area is 198 Å². The lowest BCUT2D eigenvalue weighted by molar-refractivity contribution is -0.137. The van der Waals surface area contributed by atoms with E-state index in [1.807, 2.05) is 12.1 Å². The van der Waals surface area contributed by atoms with Crippen molar-refractivity contribution in [2.24, 2.45) is 5.73 Å². The largest absolute Gasteiger partial charge is 0.494 e. The summed E-state index contributed by atoms with van der Waals surface area (Å²) >= 11 is 0. The van der Waals surface area contributed by atoms with E-state index >= 15 is 0 Å². The molecule has 2 aromatic carbocycles. The Hall–Kier alpha value is -3.46. The number of methoxy groups -OCH3 is 1. The molecule has 0 spiro atoms. The van der Waals surface area contributed by atoms with Crippen molar-refractivity contribution >= 4 is 17.7 Å². The van der Waals surface area contributed by atoms with Crippen molar-refractivity contribution in [2.75, 3.05) is 20.2 Å². The highest BCUT2D eigenvalue weighted by Crippen LogP contribution is 2.35. The minimum Gasteiger partial charge on any atom is -0.494 e. The molecule has 0 aromatic heterocycles. The summed E-state index contributed by atoms with van der Waals surface area (Å²) in [5.74, 6) is -1.92. The van der Waals surface area contributed by atoms with Gasteiger partial charge < -0.3 is 26.4 Å². The summed E-state index contributed by atoms with van der Waals surface area (Å²) in [7, 11) is 1.46. The number of nitrogens with one attached hydrogen (secondary N) is 3. The van der Waals surface area contributed by atoms with Crippen molar-refractivity contribution in [3.05, 3.63) is 65.0 Å². The molecule has 0 unspecified atom stereocenters. The van der Waals surface area contributed by atoms with Gasteiger partial charge in [0.05, 0.1) is 7.11 Å². The van der Waals surface area contributed by atoms with E-state index in [0.717, 1.165) is 24.8 Å². The predicted octanol–water partition coefficient (Wildman–Crippen LogP) is 2.15. The fraction of sp³-hybridized carbons (Fsp3) is 0.400. The average Bonchev–Trinajstić information content (AvgIpc) is 3.30. The van der Waals surface area contributed by atoms with Gasteiger partial charge in [0.25, 0.3) is 5.91 Å². The van der Waals surface area contributed by atoms with Gasteiger partial charge in [-0.2, -0.15) is 0 Å². The van der Waals surface area contributed by atoms with Crippen LogP contribution in [0.4, 0.5) is 4.39 Å². The monoisotopic (exact) mass is 470 g/mol. The van der Waals surface area contributed by atoms with E-state index in [2.05, 4.69) is 22.9 Å². The standard InChI is InChI=1S/C25H31FN4O4/c1-15(18-8-10-21(26)22(14-18)34-2)30-20-9-7-19(13-20)16-3-5-17(6-4-16)24(32)28-11-12-29-25(33)23(27)31/h3-6,8,10,14-15,19-20,30H,7,9,11-13H2,1-2H3,(H2,27,31)(H,28,32)(H,29,33)/t15-,19-,20+/m1/s1. The van der Waals surface area contributed by atoms with Gasteiger partial charge in [0, 0.05) is 30.7 Å². The van der Waals surface area contributed by atoms with Crippen LogP contribution in [-0.2, 0) is 9.59 Å². The summed E-state index contributed by atoms with van der Waals surface area (Å²) in [6, 6.07) is 12.9. The lowest BCUT2D eigenvalue weighted by Gasteiger charge is -2.21. The highest BCUT2D eigenvalue weighted by atomic mass is 19.1. The molecule has 0 aliphatic heterocycles. The van der Waals surface area contributed by atoms with E-state index < -0.39 is 11.8 Å². The van der Waals surface area contributed by atoms with Crippen molar-refractivity contribution in [1.29, 1.82) is 0 Å². The predicted molar refractivity (Wildman–Crippen MR) is 126 cm³/mol. The lowest BCUT2D eigenvalue weighted by atomic mass is 9.96. The Morgan fingerprint density at radius 2 is 1.79 bits per heavy atom. The lowest BCUT2D eigenvalue weighted by Crippen LogP contribution is -2.40. The van der Waals surface area contributed by atoms with E-state index in [1.54, 1.807) is 24.3 Å². The number of ether oxygens (including phenoxy) is 1. The molecule has 1 saturated carbocycles. The van der Waals surface area contributed by atoms with Crippen LogP contribution in [0.2, 0.25) is 0 Å². The van der Waals surface area contributed by atoms with Crippen molar-refractivity contribution in [3.8, 4) is 5.75 Å². The van der Waals surface area contributed by atoms with Crippen LogP contribution in [0.15, 0.2) is 42.5 Å². The third-order valence-electron chi connectivity index (χ3n) is 6.16. The molecule has 3 atom stereocenters. The van der Waals surface area contributed by atoms with Crippen LogP contribution in [0, 0.1) is 5.82 Å². The SMILES string of the molecule is COc1cc([C@@H](C)N[C@H]2CC[C@@H](c3ccc(C(=O)NCCNC(=O)C(N)=O)cc3)C2)ccc1F. The molecule has 0 heterocycles. The van der Waals surface area contributed by atoms with Crippen LogP contribution >= 0.6 is 0 Å². The highest BCUT2D eigenvalue weighted by Gasteiger charge is 2.27. The number of primary amides is 1. The minimum atomic E-state index is -1.06. The summed E-state index contributed by atoms with van der Waals surface area (Å²) in [5, 5.41) is 8.64. The number of hydrogen-bond donors (Lipinski definition) is 4. The van der Waals surface area contributed by atoms with Gasteiger partial charge in [0.15, 0.2) is 11.6 Å². The number of halogens is 1. The molecule has 1 aliphatic carbocycles. The van der Waals surface area contributed by atoms with Gasteiger partial charge in [0.1, 0.15) is 0 Å². The molecule has 0 saturated heterocycles. The van der Waals surface area contributed by atoms with Crippen molar-refractivity contribution in [3.63, 3.8) is 0 Å². The fourth-order valence-corrected chi connectivity index (χ4v) is 4.28. The molecule has 9 heteroatoms. The Bertz CT molecular complexity index is 1030. The first kappa shape index (κ1) is 25.2. The van der Waals surface area contributed by atoms with Gasteiger partial charge in [0.2, 0.25) is 0 Å². The highest BCUT2D eigenvalue weighted by molar-refractivity contribution is 6.34. The summed E-state index contributed by atoms with van der Waals surface area (Å²) in [4.78, 5) is 34.0. The molecule has 3 amide bonds. The maximum absolute atomic E-state index is 13.7. The van der Waals surface area contributed by atoms with Gasteiger partial charge in [-0.1, -0.05) is 18.2 Å². The van der Waals surface area contributed by atoms with E-state index in [1.165, 1.54) is 18.7 Å². The number of hydrogen-bond acceptors (Lipinski definition) is 5. The fourth-order valence-electron chi connectivity index (χ4n) is 4.28. The topological polar surface area (TPSA) is 123 Å². The van der Waals surface area contributed by atoms with Gasteiger partial charge in [-0.05, 0) is 67.5 Å². The Morgan fingerprint density at radius 3 is 2.47 bits per heavy atom. The minimum absolute atomic E-state index is 0.0667. The third-order valence-corrected chi connectivity index (χ3v) is 6.16. The second kappa shape index (κ2) is 11.6. The van der Waals surface area contributed by atoms with Crippen LogP contribution in [-0.4, -0.2) is 44.0 Å². The van der Waals surface area contributed by atoms with E-state index in [4.69, 9.17) is 10.5 Å². The zero-order chi connectivity index (χ0) is 24.7. The van der Waals surface area contributed by atoms with Crippen LogP contribution in [0.25, 0.3) is 0 Å². The molecule has 5 N–H and O–H groups in total. The number of benzene rings is 2. The molecule has 1 aliphatic rings. The first-order chi connectivity index (χ1) is 16.3. The molecule has 1 fully saturated rings. The van der Waals surface area contributed by atoms with Crippen molar-refractivity contribution < 1.29 is 23.5 Å². The van der Waals surface area contributed by atoms with Crippen LogP contribution in [0.1, 0.15) is 59.6 Å². The second-order valence-electron chi connectivity index (χ2n) is 8.49. The molecule has 0 bridgehead atoms. The first-order valence-corrected chi connectivity index (χ1v) is 11.3. The van der Waals surface area contributed by atoms with Crippen molar-refractivity contribution in [1.82, 2.24) is 16.0 Å². The Kier molecular flexibility index (Phi) is 8.59. The van der Waals surface area contributed by atoms with E-state index in [9.17, 15) is 18.8 Å². The number of carbonyl (C=O) groups excluding carboxylic acids is 3. The molecular weight excluding hydrogens is 439 g/mol. The summed E-state index contributed by atoms with van der Waals surface area (Å²) in [6.45, 7) is 2.37. The summed E-state index contributed by atoms with van der Waals surface area (Å²) in [5.41, 5.74) is 7.54. The quantitative estimate of drug-likeness (QED) is 0.330. The Balaban J connectivity index is 1.48. The molecular formula is C25H31FN4O4. The van der Waals surface area contributed by atoms with Gasteiger partial charge >= 0.3 is 11.8 Å². The second-order valence-corrected chi connectivity index (χ2v) is 8.49. The number of rotatable bonds is 9. The normalized spacial score (nSPS) is 18.2. The molecule has 3 rings (SSSR count). The molecule has 0 radical (unpaired) electrons. The molecule has 34 heavy (non-hydrogen) atoms. The molecule has 2 aromatic rings. The summed E-state index contributed by atoms with van der Waals surface area (Å²) < 4.78 is 18.8. The zero-order valence-electron chi connectivity index (χ0n) is 19.4. The Morgan fingerprint density at radius 1 is 1.09 bits per heavy atom. The molecule has 8 nitrogen and oxygen atoms in total. The van der Waals surface area contributed by atoms with Gasteiger partial charge in [-0.25, -0.2) is 4.39 Å². The maximum atomic E-state index is 13.7. The van der Waals surface area contributed by atoms with Crippen LogP contribution in [0.3, 0.4) is 0 Å². The average molecular weight is 471 g/mol. The number of amides is 3. The maximum Gasteiger partial charge on any atom is 0.309 e. The third kappa shape index (κ3) is 6.54. The van der Waals surface area contributed by atoms with Gasteiger partial charge in [-0.15, -0.1) is 0 Å². The number of nitrogens with two attached hydrogens (primary N) is 1. The van der Waals surface area contributed by atoms with E-state index in [0.29, 0.717) is 17.5 Å². The van der Waals surface area contributed by atoms with Crippen LogP contribution in [0.5, 0.6) is 5.75 Å². The smallest absolute Gasteiger partial charge is 0.309 e. The van der Waals surface area contributed by atoms with Crippen LogP contribution < -0.4 is 26.4 Å². The van der Waals surface area contributed by atoms with E-state index in [-0.39, 0.29) is 36.6 Å². The summed E-state index contributed by atoms with van der Waals surface area (Å²) in [6.07, 6.45) is 3.06. The first-order valence-electron chi connectivity index (χ1n) is 11.3. The van der Waals surface area contributed by atoms with Gasteiger partial charge in [-0.3, -0.25) is 14.4 Å². The molecule has 182 valence electrons. The number of carbonyl (C=O) groups is 3.